The Morgan fingerprint density at radius 2 is 2.00 bits per heavy atom. The molecule has 1 aromatic carbocycles. The molecule has 0 spiro atoms. The Kier molecular flexibility index (Phi) is 6.69. The van der Waals surface area contributed by atoms with E-state index in [1.165, 1.54) is 17.4 Å². The molecule has 1 heterocycles. The second-order valence-electron chi connectivity index (χ2n) is 7.41. The smallest absolute Gasteiger partial charge is 0.303 e. The summed E-state index contributed by atoms with van der Waals surface area (Å²) in [6.45, 7) is 2.07. The number of para-hydroxylation sites is 2. The highest BCUT2D eigenvalue weighted by Crippen LogP contribution is 2.38. The van der Waals surface area contributed by atoms with Gasteiger partial charge in [-0.15, -0.1) is 18.2 Å². The first-order chi connectivity index (χ1) is 13.5. The van der Waals surface area contributed by atoms with Crippen molar-refractivity contribution in [1.82, 2.24) is 5.32 Å². The number of carbonyl (C=O) groups is 2. The largest absolute Gasteiger partial charge is 0.506 e. The zero-order chi connectivity index (χ0) is 20.1. The molecule has 1 aromatic rings. The number of benzene rings is 1. The molecule has 1 saturated carbocycles. The minimum atomic E-state index is -0.881. The number of allylic oxidation sites excluding steroid dienone is 1. The molecule has 2 aliphatic rings. The minimum Gasteiger partial charge on any atom is -0.506 e. The van der Waals surface area contributed by atoms with Crippen molar-refractivity contribution in [2.75, 3.05) is 10.7 Å². The predicted molar refractivity (Wildman–Crippen MR) is 113 cm³/mol. The van der Waals surface area contributed by atoms with Crippen molar-refractivity contribution >= 4 is 29.3 Å². The molecule has 28 heavy (non-hydrogen) atoms. The van der Waals surface area contributed by atoms with E-state index in [-0.39, 0.29) is 23.4 Å². The van der Waals surface area contributed by atoms with Crippen LogP contribution in [0.15, 0.2) is 35.2 Å². The van der Waals surface area contributed by atoms with E-state index in [1.807, 2.05) is 6.08 Å². The summed E-state index contributed by atoms with van der Waals surface area (Å²) in [5.74, 6) is 2.30. The summed E-state index contributed by atoms with van der Waals surface area (Å²) in [6.07, 6.45) is 12.7. The molecule has 5 nitrogen and oxygen atoms in total. The molecule has 6 heteroatoms. The summed E-state index contributed by atoms with van der Waals surface area (Å²) in [4.78, 5) is 28.1. The lowest BCUT2D eigenvalue weighted by Gasteiger charge is -2.32. The zero-order valence-corrected chi connectivity index (χ0v) is 16.9. The molecule has 0 radical (unpaired) electrons. The van der Waals surface area contributed by atoms with Crippen molar-refractivity contribution in [3.05, 3.63) is 35.2 Å². The highest BCUT2D eigenvalue weighted by Gasteiger charge is 2.37. The van der Waals surface area contributed by atoms with E-state index < -0.39 is 11.9 Å². The standard InChI is InChI=1S/C22H26N2O3S/c1-3-20(26)24(17-11-7-8-12-18(17)25)21(19-13-15(2)14-28-19)22(27)23-16-9-5-4-6-10-16/h1,7-8,11-13,15-16,21,25H,4-6,9-10,14H2,2H3,(H,23,27). The Hall–Kier alpha value is -2.39. The first-order valence-electron chi connectivity index (χ1n) is 9.74. The van der Waals surface area contributed by atoms with Crippen LogP contribution in [-0.4, -0.2) is 34.8 Å². The molecule has 3 rings (SSSR count). The highest BCUT2D eigenvalue weighted by atomic mass is 32.2. The summed E-state index contributed by atoms with van der Waals surface area (Å²) < 4.78 is 0. The van der Waals surface area contributed by atoms with E-state index in [2.05, 4.69) is 18.2 Å². The topological polar surface area (TPSA) is 69.6 Å². The van der Waals surface area contributed by atoms with Gasteiger partial charge >= 0.3 is 5.91 Å². The molecule has 1 aliphatic heterocycles. The van der Waals surface area contributed by atoms with Gasteiger partial charge < -0.3 is 10.4 Å². The third kappa shape index (κ3) is 4.53. The van der Waals surface area contributed by atoms with Gasteiger partial charge in [0.05, 0.1) is 5.69 Å². The second kappa shape index (κ2) is 9.20. The maximum atomic E-state index is 13.3. The lowest BCUT2D eigenvalue weighted by atomic mass is 9.95. The van der Waals surface area contributed by atoms with E-state index in [1.54, 1.807) is 30.0 Å². The third-order valence-corrected chi connectivity index (χ3v) is 6.56. The Morgan fingerprint density at radius 3 is 2.61 bits per heavy atom. The van der Waals surface area contributed by atoms with Crippen LogP contribution in [0, 0.1) is 18.3 Å². The van der Waals surface area contributed by atoms with Crippen LogP contribution in [0.1, 0.15) is 39.0 Å². The van der Waals surface area contributed by atoms with Gasteiger partial charge in [0.25, 0.3) is 0 Å². The SMILES string of the molecule is C#CC(=O)N(c1ccccc1O)C(C(=O)NC1CCCCC1)C1=CC(C)CS1. The van der Waals surface area contributed by atoms with Crippen molar-refractivity contribution in [1.29, 1.82) is 0 Å². The van der Waals surface area contributed by atoms with Crippen LogP contribution in [0.5, 0.6) is 5.75 Å². The second-order valence-corrected chi connectivity index (χ2v) is 8.51. The van der Waals surface area contributed by atoms with Gasteiger partial charge in [0, 0.05) is 16.7 Å². The third-order valence-electron chi connectivity index (χ3n) is 5.17. The molecule has 0 saturated heterocycles. The Bertz CT molecular complexity index is 808. The Balaban J connectivity index is 1.98. The summed E-state index contributed by atoms with van der Waals surface area (Å²) in [5, 5.41) is 13.5. The molecule has 2 unspecified atom stereocenters. The zero-order valence-electron chi connectivity index (χ0n) is 16.1. The fourth-order valence-corrected chi connectivity index (χ4v) is 5.03. The van der Waals surface area contributed by atoms with Crippen molar-refractivity contribution in [3.63, 3.8) is 0 Å². The molecular weight excluding hydrogens is 372 g/mol. The molecule has 0 bridgehead atoms. The fraction of sp³-hybridized carbons (Fsp3) is 0.455. The fourth-order valence-electron chi connectivity index (χ4n) is 3.78. The quantitative estimate of drug-likeness (QED) is 0.746. The van der Waals surface area contributed by atoms with E-state index in [4.69, 9.17) is 6.42 Å². The summed E-state index contributed by atoms with van der Waals surface area (Å²) in [5.41, 5.74) is 0.246. The molecule has 2 amide bonds. The number of carbonyl (C=O) groups excluding carboxylic acids is 2. The van der Waals surface area contributed by atoms with Crippen LogP contribution in [-0.2, 0) is 9.59 Å². The summed E-state index contributed by atoms with van der Waals surface area (Å²) in [6, 6.07) is 5.70. The van der Waals surface area contributed by atoms with Crippen molar-refractivity contribution in [2.45, 2.75) is 51.1 Å². The number of anilines is 1. The van der Waals surface area contributed by atoms with E-state index in [0.29, 0.717) is 5.92 Å². The van der Waals surface area contributed by atoms with Crippen LogP contribution in [0.4, 0.5) is 5.69 Å². The van der Waals surface area contributed by atoms with E-state index in [9.17, 15) is 14.7 Å². The average molecular weight is 399 g/mol. The lowest BCUT2D eigenvalue weighted by molar-refractivity contribution is -0.124. The first-order valence-corrected chi connectivity index (χ1v) is 10.7. The molecular formula is C22H26N2O3S. The number of rotatable bonds is 5. The number of thioether (sulfide) groups is 1. The van der Waals surface area contributed by atoms with Crippen LogP contribution < -0.4 is 10.2 Å². The number of phenols is 1. The number of hydrogen-bond donors (Lipinski definition) is 2. The Labute approximate surface area is 170 Å². The minimum absolute atomic E-state index is 0.0850. The number of nitrogens with one attached hydrogen (secondary N) is 1. The van der Waals surface area contributed by atoms with Crippen molar-refractivity contribution < 1.29 is 14.7 Å². The molecule has 0 aromatic heterocycles. The van der Waals surface area contributed by atoms with Crippen molar-refractivity contribution in [3.8, 4) is 18.1 Å². The number of aromatic hydroxyl groups is 1. The number of terminal acetylenes is 1. The highest BCUT2D eigenvalue weighted by molar-refractivity contribution is 8.03. The summed E-state index contributed by atoms with van der Waals surface area (Å²) >= 11 is 1.56. The number of phenolic OH excluding ortho intramolecular Hbond substituents is 1. The van der Waals surface area contributed by atoms with Gasteiger partial charge in [-0.1, -0.05) is 44.4 Å². The normalized spacial score (nSPS) is 20.7. The number of nitrogens with zero attached hydrogens (tertiary/aromatic N) is 1. The first kappa shape index (κ1) is 20.3. The molecule has 2 atom stereocenters. The van der Waals surface area contributed by atoms with Gasteiger partial charge in [0.1, 0.15) is 11.8 Å². The maximum absolute atomic E-state index is 13.3. The van der Waals surface area contributed by atoms with Crippen LogP contribution >= 0.6 is 11.8 Å². The number of hydrogen-bond acceptors (Lipinski definition) is 4. The van der Waals surface area contributed by atoms with E-state index >= 15 is 0 Å². The molecule has 1 aliphatic carbocycles. The van der Waals surface area contributed by atoms with Crippen LogP contribution in [0.2, 0.25) is 0 Å². The van der Waals surface area contributed by atoms with Gasteiger partial charge in [-0.3, -0.25) is 14.5 Å². The monoisotopic (exact) mass is 398 g/mol. The van der Waals surface area contributed by atoms with Crippen LogP contribution in [0.25, 0.3) is 0 Å². The lowest BCUT2D eigenvalue weighted by Crippen LogP contribution is -2.52. The average Bonchev–Trinajstić information content (AvgIpc) is 3.12. The van der Waals surface area contributed by atoms with Gasteiger partial charge in [0.15, 0.2) is 0 Å². The van der Waals surface area contributed by atoms with Gasteiger partial charge in [-0.2, -0.15) is 0 Å². The number of amides is 2. The molecule has 148 valence electrons. The molecule has 2 N–H and O–H groups in total. The maximum Gasteiger partial charge on any atom is 0.303 e. The van der Waals surface area contributed by atoms with Crippen molar-refractivity contribution in [2.24, 2.45) is 5.92 Å². The van der Waals surface area contributed by atoms with Gasteiger partial charge in [0.2, 0.25) is 5.91 Å². The van der Waals surface area contributed by atoms with Gasteiger partial charge in [-0.05, 0) is 36.8 Å². The summed E-state index contributed by atoms with van der Waals surface area (Å²) in [7, 11) is 0. The van der Waals surface area contributed by atoms with Crippen LogP contribution in [0.3, 0.4) is 0 Å². The Morgan fingerprint density at radius 1 is 1.29 bits per heavy atom. The predicted octanol–water partition coefficient (Wildman–Crippen LogP) is 3.44. The van der Waals surface area contributed by atoms with E-state index in [0.717, 1.165) is 36.3 Å². The van der Waals surface area contributed by atoms with Gasteiger partial charge in [-0.25, -0.2) is 0 Å². The molecule has 1 fully saturated rings.